The molecular formula is C66H51FN2O2. The fourth-order valence-electron chi connectivity index (χ4n) is 9.53. The molecule has 0 saturated carbocycles. The SMILES string of the molecule is C/C(O)=C(\F)C(=O)CCc1ccccc1-c1cc(C2=CC=CCC=C2C2=CC(c3ccccc3)C=C(c3ccccc3)N=C2)cc(-c2ccccc2-c2cnc(-c3ccccc3)cc2-c2ccccc2)c1. The number of nitrogens with zero attached hydrogens (tertiary/aromatic N) is 2. The van der Waals surface area contributed by atoms with Gasteiger partial charge in [-0.05, 0) is 128 Å². The number of ketones is 1. The monoisotopic (exact) mass is 922 g/mol. The highest BCUT2D eigenvalue weighted by Gasteiger charge is 2.22. The molecule has 0 spiro atoms. The first-order chi connectivity index (χ1) is 34.9. The molecule has 1 atom stereocenters. The molecule has 10 rings (SSSR count). The van der Waals surface area contributed by atoms with E-state index >= 15 is 0 Å². The van der Waals surface area contributed by atoms with E-state index in [0.29, 0.717) is 0 Å². The van der Waals surface area contributed by atoms with E-state index in [1.807, 2.05) is 79.1 Å². The number of aryl methyl sites for hydroxylation is 1. The molecule has 71 heavy (non-hydrogen) atoms. The first kappa shape index (κ1) is 46.0. The molecule has 4 nitrogen and oxygen atoms in total. The van der Waals surface area contributed by atoms with Crippen LogP contribution < -0.4 is 0 Å². The van der Waals surface area contributed by atoms with Crippen LogP contribution in [0.5, 0.6) is 0 Å². The van der Waals surface area contributed by atoms with Crippen molar-refractivity contribution in [1.29, 1.82) is 0 Å². The smallest absolute Gasteiger partial charge is 0.203 e. The Kier molecular flexibility index (Phi) is 13.7. The maximum atomic E-state index is 14.7. The number of allylic oxidation sites excluding steroid dienone is 11. The number of Topliss-reactive ketones (excluding diaryl/α,β-unsaturated/α-hetero) is 1. The number of halogens is 1. The Balaban J connectivity index is 1.15. The highest BCUT2D eigenvalue weighted by atomic mass is 19.1. The van der Waals surface area contributed by atoms with Crippen molar-refractivity contribution in [3.63, 3.8) is 0 Å². The van der Waals surface area contributed by atoms with Crippen molar-refractivity contribution in [2.75, 3.05) is 0 Å². The summed E-state index contributed by atoms with van der Waals surface area (Å²) in [5.41, 5.74) is 18.1. The first-order valence-corrected chi connectivity index (χ1v) is 24.1. The van der Waals surface area contributed by atoms with Crippen molar-refractivity contribution in [1.82, 2.24) is 4.98 Å². The van der Waals surface area contributed by atoms with E-state index in [0.717, 1.165) is 101 Å². The predicted octanol–water partition coefficient (Wildman–Crippen LogP) is 16.8. The molecule has 0 bridgehead atoms. The second kappa shape index (κ2) is 21.2. The van der Waals surface area contributed by atoms with Crippen molar-refractivity contribution in [3.8, 4) is 55.8 Å². The number of pyridine rings is 1. The molecule has 1 aromatic heterocycles. The zero-order valence-corrected chi connectivity index (χ0v) is 39.4. The minimum Gasteiger partial charge on any atom is -0.509 e. The normalized spacial score (nSPS) is 14.8. The third kappa shape index (κ3) is 10.3. The largest absolute Gasteiger partial charge is 0.509 e. The van der Waals surface area contributed by atoms with Gasteiger partial charge in [0.05, 0.1) is 11.4 Å². The van der Waals surface area contributed by atoms with E-state index in [9.17, 15) is 14.3 Å². The molecule has 1 unspecified atom stereocenters. The molecule has 2 aliphatic rings. The van der Waals surface area contributed by atoms with Gasteiger partial charge in [-0.3, -0.25) is 14.8 Å². The number of rotatable bonds is 13. The number of aliphatic hydroxyl groups excluding tert-OH is 1. The minimum atomic E-state index is -1.10. The predicted molar refractivity (Wildman–Crippen MR) is 291 cm³/mol. The Morgan fingerprint density at radius 3 is 1.89 bits per heavy atom. The maximum absolute atomic E-state index is 14.7. The van der Waals surface area contributed by atoms with Crippen molar-refractivity contribution in [2.24, 2.45) is 4.99 Å². The van der Waals surface area contributed by atoms with Crippen molar-refractivity contribution >= 4 is 23.3 Å². The molecule has 1 aliphatic heterocycles. The van der Waals surface area contributed by atoms with Gasteiger partial charge >= 0.3 is 0 Å². The number of aromatic nitrogens is 1. The standard InChI is InChI=1S/C66H51FN2O2/c1-45(70)66(67)65(71)36-35-48-25-17-18-30-56(48)52-38-53(57-31-15-6-16-32-59(57)55-37-51(46-21-7-2-8-22-46)41-63(68-43-55)49-26-11-4-12-27-49)40-54(39-52)58-33-19-20-34-60(58)62-44-69-64(50-28-13-5-14-29-50)42-61(62)47-23-9-3-10-24-47/h2-15,17-34,37-44,51,70H,16,35-36H2,1H3/b66-45+. The van der Waals surface area contributed by atoms with Gasteiger partial charge in [-0.1, -0.05) is 200 Å². The van der Waals surface area contributed by atoms with Crippen LogP contribution in [0, 0.1) is 0 Å². The summed E-state index contributed by atoms with van der Waals surface area (Å²) in [7, 11) is 0. The van der Waals surface area contributed by atoms with Crippen molar-refractivity contribution < 1.29 is 14.3 Å². The van der Waals surface area contributed by atoms with Gasteiger partial charge in [0.25, 0.3) is 0 Å². The summed E-state index contributed by atoms with van der Waals surface area (Å²) in [4.78, 5) is 23.2. The number of aliphatic hydroxyl groups is 1. The number of hydrogen-bond donors (Lipinski definition) is 1. The fraction of sp³-hybridized carbons (Fsp3) is 0.0758. The second-order valence-electron chi connectivity index (χ2n) is 17.8. The summed E-state index contributed by atoms with van der Waals surface area (Å²) >= 11 is 0. The summed E-state index contributed by atoms with van der Waals surface area (Å²) in [6, 6.07) is 67.0. The summed E-state index contributed by atoms with van der Waals surface area (Å²) < 4.78 is 14.7. The van der Waals surface area contributed by atoms with Gasteiger partial charge in [0.2, 0.25) is 5.83 Å². The summed E-state index contributed by atoms with van der Waals surface area (Å²) in [5, 5.41) is 9.81. The van der Waals surface area contributed by atoms with Crippen molar-refractivity contribution in [2.45, 2.75) is 32.1 Å². The third-order valence-electron chi connectivity index (χ3n) is 13.1. The lowest BCUT2D eigenvalue weighted by atomic mass is 9.84. The van der Waals surface area contributed by atoms with Crippen LogP contribution >= 0.6 is 0 Å². The van der Waals surface area contributed by atoms with E-state index in [1.54, 1.807) is 0 Å². The Morgan fingerprint density at radius 2 is 1.18 bits per heavy atom. The third-order valence-corrected chi connectivity index (χ3v) is 13.1. The average Bonchev–Trinajstić information content (AvgIpc) is 3.83. The number of hydrogen-bond acceptors (Lipinski definition) is 4. The van der Waals surface area contributed by atoms with Crippen molar-refractivity contribution in [3.05, 3.63) is 282 Å². The van der Waals surface area contributed by atoms with Gasteiger partial charge in [0.15, 0.2) is 5.78 Å². The van der Waals surface area contributed by atoms with Gasteiger partial charge in [0, 0.05) is 35.9 Å². The first-order valence-electron chi connectivity index (χ1n) is 24.1. The Hall–Kier alpha value is -8.80. The second-order valence-corrected chi connectivity index (χ2v) is 17.8. The summed E-state index contributed by atoms with van der Waals surface area (Å²) in [5.74, 6) is -2.49. The number of carbonyl (C=O) groups excluding carboxylic acids is 1. The molecule has 1 N–H and O–H groups in total. The molecule has 0 saturated heterocycles. The molecule has 7 aromatic carbocycles. The maximum Gasteiger partial charge on any atom is 0.203 e. The van der Waals surface area contributed by atoms with Gasteiger partial charge in [-0.25, -0.2) is 0 Å². The van der Waals surface area contributed by atoms with Crippen LogP contribution in [0.1, 0.15) is 47.9 Å². The molecule has 8 aromatic rings. The van der Waals surface area contributed by atoms with Gasteiger partial charge in [-0.15, -0.1) is 0 Å². The van der Waals surface area contributed by atoms with Crippen LogP contribution in [0.3, 0.4) is 0 Å². The lowest BCUT2D eigenvalue weighted by Gasteiger charge is -2.20. The van der Waals surface area contributed by atoms with Crippen LogP contribution in [0.25, 0.3) is 67.0 Å². The van der Waals surface area contributed by atoms with Gasteiger partial charge in [-0.2, -0.15) is 4.39 Å². The average molecular weight is 923 g/mol. The molecule has 344 valence electrons. The molecule has 0 amide bonds. The van der Waals surface area contributed by atoms with Gasteiger partial charge in [0.1, 0.15) is 5.76 Å². The Morgan fingerprint density at radius 1 is 0.592 bits per heavy atom. The topological polar surface area (TPSA) is 62.5 Å². The molecule has 2 heterocycles. The molecule has 5 heteroatoms. The minimum absolute atomic E-state index is 0.0550. The van der Waals surface area contributed by atoms with Crippen LogP contribution in [0.15, 0.2) is 265 Å². The molecule has 0 radical (unpaired) electrons. The van der Waals surface area contributed by atoms with Crippen LogP contribution in [-0.2, 0) is 11.2 Å². The van der Waals surface area contributed by atoms with Crippen LogP contribution in [-0.4, -0.2) is 22.1 Å². The summed E-state index contributed by atoms with van der Waals surface area (Å²) in [6.45, 7) is 1.19. The summed E-state index contributed by atoms with van der Waals surface area (Å²) in [6.07, 6.45) is 18.3. The Bertz CT molecular complexity index is 3470. The van der Waals surface area contributed by atoms with Gasteiger partial charge < -0.3 is 5.11 Å². The Labute approximate surface area is 415 Å². The van der Waals surface area contributed by atoms with E-state index in [2.05, 4.69) is 164 Å². The van der Waals surface area contributed by atoms with Crippen LogP contribution in [0.2, 0.25) is 0 Å². The van der Waals surface area contributed by atoms with Crippen LogP contribution in [0.4, 0.5) is 4.39 Å². The zero-order valence-electron chi connectivity index (χ0n) is 39.4. The number of benzene rings is 7. The number of aliphatic imine (C=N–C) groups is 1. The fourth-order valence-corrected chi connectivity index (χ4v) is 9.53. The quantitative estimate of drug-likeness (QED) is 0.0926. The number of carbonyl (C=O) groups is 1. The lowest BCUT2D eigenvalue weighted by molar-refractivity contribution is -0.117. The zero-order chi connectivity index (χ0) is 48.5. The van der Waals surface area contributed by atoms with E-state index in [4.69, 9.17) is 9.98 Å². The highest BCUT2D eigenvalue weighted by molar-refractivity contribution is 6.02. The van der Waals surface area contributed by atoms with E-state index < -0.39 is 17.4 Å². The lowest BCUT2D eigenvalue weighted by Crippen LogP contribution is -2.04. The van der Waals surface area contributed by atoms with E-state index in [-0.39, 0.29) is 18.8 Å². The molecular weight excluding hydrogens is 872 g/mol. The molecule has 0 fully saturated rings. The molecule has 1 aliphatic carbocycles. The van der Waals surface area contributed by atoms with E-state index in [1.165, 1.54) is 12.5 Å². The highest BCUT2D eigenvalue weighted by Crippen LogP contribution is 2.44.